The lowest BCUT2D eigenvalue weighted by atomic mass is 10.0. The molecule has 0 amide bonds. The van der Waals surface area contributed by atoms with Gasteiger partial charge in [0.25, 0.3) is 0 Å². The van der Waals surface area contributed by atoms with Gasteiger partial charge in [0.15, 0.2) is 0 Å². The largest absolute Gasteiger partial charge is 0.145 e. The molecule has 98 valence electrons. The minimum Gasteiger partial charge on any atom is -0.145 e. The maximum absolute atomic E-state index is 2.29. The number of thiophene rings is 3. The fourth-order valence-electron chi connectivity index (χ4n) is 2.25. The first kappa shape index (κ1) is 13.1. The first-order chi connectivity index (χ1) is 9.13. The Morgan fingerprint density at radius 1 is 0.579 bits per heavy atom. The van der Waals surface area contributed by atoms with Crippen molar-refractivity contribution in [2.24, 2.45) is 0 Å². The van der Waals surface area contributed by atoms with Gasteiger partial charge >= 0.3 is 0 Å². The van der Waals surface area contributed by atoms with Gasteiger partial charge in [-0.15, -0.1) is 34.0 Å². The van der Waals surface area contributed by atoms with Crippen molar-refractivity contribution >= 4 is 34.0 Å². The monoisotopic (exact) mass is 304 g/mol. The summed E-state index contributed by atoms with van der Waals surface area (Å²) in [6.07, 6.45) is 0. The highest BCUT2D eigenvalue weighted by Crippen LogP contribution is 2.41. The van der Waals surface area contributed by atoms with Crippen molar-refractivity contribution in [2.45, 2.75) is 26.7 Å². The molecule has 0 atom stereocenters. The summed E-state index contributed by atoms with van der Waals surface area (Å²) in [5, 5.41) is 0. The molecule has 0 aliphatic rings. The predicted molar refractivity (Wildman–Crippen MR) is 88.1 cm³/mol. The molecule has 0 aliphatic heterocycles. The zero-order valence-electron chi connectivity index (χ0n) is 11.3. The molecule has 0 fully saturated rings. The molecule has 3 aromatic heterocycles. The molecule has 3 heterocycles. The minimum atomic E-state index is 0.427. The van der Waals surface area contributed by atoms with E-state index in [4.69, 9.17) is 0 Å². The molecule has 3 rings (SSSR count). The summed E-state index contributed by atoms with van der Waals surface area (Å²) in [7, 11) is 0. The van der Waals surface area contributed by atoms with Gasteiger partial charge < -0.3 is 0 Å². The van der Waals surface area contributed by atoms with Crippen LogP contribution in [0.15, 0.2) is 36.4 Å². The SMILES string of the molecule is Cc1ccc(C(c2ccc(C)s2)c2ccc(C)s2)s1. The van der Waals surface area contributed by atoms with E-state index in [0.717, 1.165) is 0 Å². The molecule has 0 nitrogen and oxygen atoms in total. The van der Waals surface area contributed by atoms with Gasteiger partial charge in [-0.2, -0.15) is 0 Å². The summed E-state index contributed by atoms with van der Waals surface area (Å²) in [5.74, 6) is 0.427. The maximum atomic E-state index is 2.29. The third kappa shape index (κ3) is 2.69. The highest BCUT2D eigenvalue weighted by Gasteiger charge is 2.21. The Morgan fingerprint density at radius 3 is 1.11 bits per heavy atom. The molecular weight excluding hydrogens is 288 g/mol. The van der Waals surface area contributed by atoms with Crippen LogP contribution in [0.1, 0.15) is 35.2 Å². The maximum Gasteiger partial charge on any atom is 0.0621 e. The molecule has 0 radical (unpaired) electrons. The van der Waals surface area contributed by atoms with Crippen molar-refractivity contribution in [2.75, 3.05) is 0 Å². The first-order valence-corrected chi connectivity index (χ1v) is 8.77. The molecule has 0 N–H and O–H groups in total. The normalized spacial score (nSPS) is 11.4. The van der Waals surface area contributed by atoms with E-state index in [1.54, 1.807) is 0 Å². The van der Waals surface area contributed by atoms with Crippen LogP contribution in [0.2, 0.25) is 0 Å². The number of aryl methyl sites for hydroxylation is 3. The van der Waals surface area contributed by atoms with E-state index in [0.29, 0.717) is 5.92 Å². The molecule has 0 saturated carbocycles. The van der Waals surface area contributed by atoms with Gasteiger partial charge in [-0.3, -0.25) is 0 Å². The molecule has 3 aromatic rings. The number of rotatable bonds is 3. The van der Waals surface area contributed by atoms with Gasteiger partial charge in [0.05, 0.1) is 5.92 Å². The van der Waals surface area contributed by atoms with E-state index in [1.807, 2.05) is 34.0 Å². The van der Waals surface area contributed by atoms with Crippen LogP contribution in [-0.2, 0) is 0 Å². The Morgan fingerprint density at radius 2 is 0.895 bits per heavy atom. The van der Waals surface area contributed by atoms with E-state index in [9.17, 15) is 0 Å². The van der Waals surface area contributed by atoms with E-state index in [-0.39, 0.29) is 0 Å². The Labute approximate surface area is 126 Å². The van der Waals surface area contributed by atoms with Crippen molar-refractivity contribution < 1.29 is 0 Å². The molecule has 0 aromatic carbocycles. The van der Waals surface area contributed by atoms with Gasteiger partial charge in [-0.25, -0.2) is 0 Å². The van der Waals surface area contributed by atoms with Crippen LogP contribution in [0.4, 0.5) is 0 Å². The quantitative estimate of drug-likeness (QED) is 0.558. The average molecular weight is 305 g/mol. The van der Waals surface area contributed by atoms with Gasteiger partial charge in [-0.05, 0) is 57.2 Å². The van der Waals surface area contributed by atoms with Gasteiger partial charge in [0.1, 0.15) is 0 Å². The lowest BCUT2D eigenvalue weighted by molar-refractivity contribution is 1.07. The van der Waals surface area contributed by atoms with Crippen LogP contribution < -0.4 is 0 Å². The summed E-state index contributed by atoms with van der Waals surface area (Å²) in [5.41, 5.74) is 0. The molecule has 0 unspecified atom stereocenters. The van der Waals surface area contributed by atoms with Gasteiger partial charge in [0.2, 0.25) is 0 Å². The third-order valence-electron chi connectivity index (χ3n) is 3.14. The second-order valence-corrected chi connectivity index (χ2v) is 8.74. The molecule has 0 spiro atoms. The van der Waals surface area contributed by atoms with E-state index in [2.05, 4.69) is 57.2 Å². The van der Waals surface area contributed by atoms with Crippen molar-refractivity contribution in [3.05, 3.63) is 65.7 Å². The Kier molecular flexibility index (Phi) is 3.61. The number of hydrogen-bond donors (Lipinski definition) is 0. The summed E-state index contributed by atoms with van der Waals surface area (Å²) in [4.78, 5) is 8.55. The van der Waals surface area contributed by atoms with E-state index >= 15 is 0 Å². The lowest BCUT2D eigenvalue weighted by Crippen LogP contribution is -1.95. The van der Waals surface area contributed by atoms with Crippen LogP contribution in [0, 0.1) is 20.8 Å². The van der Waals surface area contributed by atoms with Crippen LogP contribution in [0.5, 0.6) is 0 Å². The van der Waals surface area contributed by atoms with Crippen molar-refractivity contribution in [3.8, 4) is 0 Å². The second-order valence-electron chi connectivity index (χ2n) is 4.78. The summed E-state index contributed by atoms with van der Waals surface area (Å²) in [6, 6.07) is 13.5. The lowest BCUT2D eigenvalue weighted by Gasteiger charge is -2.12. The topological polar surface area (TPSA) is 0 Å². The van der Waals surface area contributed by atoms with Crippen molar-refractivity contribution in [3.63, 3.8) is 0 Å². The average Bonchev–Trinajstić information content (AvgIpc) is 3.05. The third-order valence-corrected chi connectivity index (χ3v) is 6.33. The molecular formula is C16H16S3. The van der Waals surface area contributed by atoms with Crippen LogP contribution in [0.25, 0.3) is 0 Å². The second kappa shape index (κ2) is 5.23. The smallest absolute Gasteiger partial charge is 0.0621 e. The van der Waals surface area contributed by atoms with Crippen molar-refractivity contribution in [1.29, 1.82) is 0 Å². The standard InChI is InChI=1S/C16H16S3/c1-10-4-7-13(17-10)16(14-8-5-11(2)18-14)15-9-6-12(3)19-15/h4-9,16H,1-3H3. The molecule has 3 heteroatoms. The summed E-state index contributed by atoms with van der Waals surface area (Å²) >= 11 is 5.75. The van der Waals surface area contributed by atoms with Crippen molar-refractivity contribution in [1.82, 2.24) is 0 Å². The van der Waals surface area contributed by atoms with Crippen LogP contribution in [-0.4, -0.2) is 0 Å². The van der Waals surface area contributed by atoms with Gasteiger partial charge in [-0.1, -0.05) is 0 Å². The minimum absolute atomic E-state index is 0.427. The summed E-state index contributed by atoms with van der Waals surface area (Å²) < 4.78 is 0. The van der Waals surface area contributed by atoms with Gasteiger partial charge in [0, 0.05) is 29.3 Å². The summed E-state index contributed by atoms with van der Waals surface area (Å²) in [6.45, 7) is 6.56. The first-order valence-electron chi connectivity index (χ1n) is 6.32. The highest BCUT2D eigenvalue weighted by molar-refractivity contribution is 7.15. The fourth-order valence-corrected chi connectivity index (χ4v) is 5.52. The molecule has 0 saturated heterocycles. The molecule has 19 heavy (non-hydrogen) atoms. The van der Waals surface area contributed by atoms with Crippen LogP contribution in [0.3, 0.4) is 0 Å². The molecule has 0 aliphatic carbocycles. The van der Waals surface area contributed by atoms with Crippen LogP contribution >= 0.6 is 34.0 Å². The number of hydrogen-bond acceptors (Lipinski definition) is 3. The highest BCUT2D eigenvalue weighted by atomic mass is 32.1. The molecule has 0 bridgehead atoms. The predicted octanol–water partition coefficient (Wildman–Crippen LogP) is 5.98. The Hall–Kier alpha value is -0.900. The zero-order chi connectivity index (χ0) is 13.4. The Balaban J connectivity index is 2.10. The van der Waals surface area contributed by atoms with E-state index < -0.39 is 0 Å². The Bertz CT molecular complexity index is 589. The zero-order valence-corrected chi connectivity index (χ0v) is 13.7. The fraction of sp³-hybridized carbons (Fsp3) is 0.250. The van der Waals surface area contributed by atoms with E-state index in [1.165, 1.54) is 29.3 Å².